The average molecular weight is 259 g/mol. The number of halogens is 5. The number of rotatable bonds is 2. The van der Waals surface area contributed by atoms with Crippen LogP contribution in [0.15, 0.2) is 18.2 Å². The van der Waals surface area contributed by atoms with Gasteiger partial charge in [0.05, 0.1) is 5.56 Å². The van der Waals surface area contributed by atoms with Gasteiger partial charge in [-0.3, -0.25) is 0 Å². The summed E-state index contributed by atoms with van der Waals surface area (Å²) in [6.45, 7) is -0.174. The van der Waals surface area contributed by atoms with Crippen molar-refractivity contribution in [3.05, 3.63) is 35.1 Å². The van der Waals surface area contributed by atoms with E-state index in [1.807, 2.05) is 0 Å². The third-order valence-corrected chi connectivity index (χ3v) is 1.97. The summed E-state index contributed by atoms with van der Waals surface area (Å²) in [6.07, 6.45) is -4.55. The molecule has 0 spiro atoms. The van der Waals surface area contributed by atoms with E-state index in [0.717, 1.165) is 12.1 Å². The predicted octanol–water partition coefficient (Wildman–Crippen LogP) is 2.22. The quantitative estimate of drug-likeness (QED) is 0.799. The molecule has 1 atom stereocenters. The van der Waals surface area contributed by atoms with E-state index in [-0.39, 0.29) is 24.5 Å². The summed E-state index contributed by atoms with van der Waals surface area (Å²) in [5.41, 5.74) is 9.26. The Labute approximate surface area is 96.0 Å². The van der Waals surface area contributed by atoms with Gasteiger partial charge in [0.15, 0.2) is 0 Å². The van der Waals surface area contributed by atoms with Gasteiger partial charge in [0.1, 0.15) is 5.82 Å². The molecule has 0 saturated heterocycles. The second kappa shape index (κ2) is 5.47. The highest BCUT2D eigenvalue weighted by Crippen LogP contribution is 2.34. The van der Waals surface area contributed by atoms with Crippen molar-refractivity contribution >= 4 is 12.4 Å². The Hall–Kier alpha value is -0.850. The van der Waals surface area contributed by atoms with Gasteiger partial charge in [-0.2, -0.15) is 13.2 Å². The number of benzene rings is 1. The number of hydrogen-bond acceptors (Lipinski definition) is 2. The molecule has 1 aromatic carbocycles. The first kappa shape index (κ1) is 15.2. The van der Waals surface area contributed by atoms with Gasteiger partial charge in [-0.1, -0.05) is 0 Å². The SMILES string of the molecule is Cl.NC[C@H](N)c1cc(F)ccc1C(F)(F)F. The van der Waals surface area contributed by atoms with Crippen LogP contribution in [0.25, 0.3) is 0 Å². The molecule has 0 saturated carbocycles. The average Bonchev–Trinajstić information content (AvgIpc) is 2.14. The van der Waals surface area contributed by atoms with Crippen molar-refractivity contribution in [1.82, 2.24) is 0 Å². The molecule has 1 rings (SSSR count). The molecule has 92 valence electrons. The van der Waals surface area contributed by atoms with Gasteiger partial charge in [0, 0.05) is 12.6 Å². The smallest absolute Gasteiger partial charge is 0.329 e. The molecular formula is C9H11ClF4N2. The van der Waals surface area contributed by atoms with Crippen LogP contribution in [0, 0.1) is 5.82 Å². The molecule has 0 fully saturated rings. The molecule has 4 N–H and O–H groups in total. The maximum Gasteiger partial charge on any atom is 0.416 e. The maximum atomic E-state index is 12.8. The molecule has 0 bridgehead atoms. The zero-order chi connectivity index (χ0) is 11.6. The van der Waals surface area contributed by atoms with Crippen molar-refractivity contribution in [2.24, 2.45) is 11.5 Å². The lowest BCUT2D eigenvalue weighted by molar-refractivity contribution is -0.138. The Morgan fingerprint density at radius 2 is 1.81 bits per heavy atom. The molecule has 0 unspecified atom stereocenters. The fraction of sp³-hybridized carbons (Fsp3) is 0.333. The van der Waals surface area contributed by atoms with E-state index in [0.29, 0.717) is 6.07 Å². The Morgan fingerprint density at radius 3 is 2.25 bits per heavy atom. The van der Waals surface area contributed by atoms with E-state index in [2.05, 4.69) is 0 Å². The van der Waals surface area contributed by atoms with Crippen molar-refractivity contribution < 1.29 is 17.6 Å². The van der Waals surface area contributed by atoms with Gasteiger partial charge in [0.25, 0.3) is 0 Å². The van der Waals surface area contributed by atoms with Gasteiger partial charge in [-0.25, -0.2) is 4.39 Å². The lowest BCUT2D eigenvalue weighted by Gasteiger charge is -2.16. The minimum absolute atomic E-state index is 0. The van der Waals surface area contributed by atoms with Gasteiger partial charge >= 0.3 is 6.18 Å². The highest BCUT2D eigenvalue weighted by atomic mass is 35.5. The summed E-state index contributed by atoms with van der Waals surface area (Å²) in [6, 6.07) is 1.16. The van der Waals surface area contributed by atoms with Crippen molar-refractivity contribution in [3.8, 4) is 0 Å². The van der Waals surface area contributed by atoms with E-state index in [1.165, 1.54) is 0 Å². The normalized spacial score (nSPS) is 13.1. The minimum atomic E-state index is -4.55. The molecule has 0 aliphatic heterocycles. The second-order valence-electron chi connectivity index (χ2n) is 3.07. The first-order chi connectivity index (χ1) is 6.86. The van der Waals surface area contributed by atoms with E-state index in [4.69, 9.17) is 11.5 Å². The van der Waals surface area contributed by atoms with E-state index in [1.54, 1.807) is 0 Å². The third kappa shape index (κ3) is 3.33. The van der Waals surface area contributed by atoms with E-state index in [9.17, 15) is 17.6 Å². The molecular weight excluding hydrogens is 248 g/mol. The fourth-order valence-electron chi connectivity index (χ4n) is 1.23. The van der Waals surface area contributed by atoms with Crippen LogP contribution >= 0.6 is 12.4 Å². The molecule has 0 aliphatic carbocycles. The lowest BCUT2D eigenvalue weighted by Crippen LogP contribution is -2.24. The Bertz CT molecular complexity index is 354. The van der Waals surface area contributed by atoms with E-state index < -0.39 is 23.6 Å². The zero-order valence-electron chi connectivity index (χ0n) is 8.09. The van der Waals surface area contributed by atoms with Crippen molar-refractivity contribution in [3.63, 3.8) is 0 Å². The minimum Gasteiger partial charge on any atom is -0.329 e. The number of alkyl halides is 3. The van der Waals surface area contributed by atoms with Crippen LogP contribution in [-0.2, 0) is 6.18 Å². The molecule has 7 heteroatoms. The Kier molecular flexibility index (Phi) is 5.18. The highest BCUT2D eigenvalue weighted by molar-refractivity contribution is 5.85. The molecule has 0 aliphatic rings. The number of nitrogens with two attached hydrogens (primary N) is 2. The van der Waals surface area contributed by atoms with Crippen LogP contribution in [-0.4, -0.2) is 6.54 Å². The Morgan fingerprint density at radius 1 is 1.25 bits per heavy atom. The predicted molar refractivity (Wildman–Crippen MR) is 54.6 cm³/mol. The summed E-state index contributed by atoms with van der Waals surface area (Å²) in [7, 11) is 0. The van der Waals surface area contributed by atoms with Gasteiger partial charge in [-0.05, 0) is 23.8 Å². The summed E-state index contributed by atoms with van der Waals surface area (Å²) in [5.74, 6) is -0.762. The molecule has 0 amide bonds. The topological polar surface area (TPSA) is 52.0 Å². The van der Waals surface area contributed by atoms with Crippen molar-refractivity contribution in [1.29, 1.82) is 0 Å². The van der Waals surface area contributed by atoms with Crippen LogP contribution in [0.5, 0.6) is 0 Å². The molecule has 1 aromatic rings. The monoisotopic (exact) mass is 258 g/mol. The van der Waals surface area contributed by atoms with Crippen LogP contribution in [0.1, 0.15) is 17.2 Å². The summed E-state index contributed by atoms with van der Waals surface area (Å²) in [5, 5.41) is 0. The van der Waals surface area contributed by atoms with Gasteiger partial charge in [0.2, 0.25) is 0 Å². The number of hydrogen-bond donors (Lipinski definition) is 2. The molecule has 2 nitrogen and oxygen atoms in total. The first-order valence-electron chi connectivity index (χ1n) is 4.18. The second-order valence-corrected chi connectivity index (χ2v) is 3.07. The third-order valence-electron chi connectivity index (χ3n) is 1.97. The summed E-state index contributed by atoms with van der Waals surface area (Å²) < 4.78 is 50.1. The maximum absolute atomic E-state index is 12.8. The first-order valence-corrected chi connectivity index (χ1v) is 4.18. The molecule has 0 heterocycles. The Balaban J connectivity index is 0.00000225. The summed E-state index contributed by atoms with van der Waals surface area (Å²) in [4.78, 5) is 0. The van der Waals surface area contributed by atoms with Gasteiger partial charge in [-0.15, -0.1) is 12.4 Å². The molecule has 16 heavy (non-hydrogen) atoms. The van der Waals surface area contributed by atoms with Crippen molar-refractivity contribution in [2.45, 2.75) is 12.2 Å². The lowest BCUT2D eigenvalue weighted by atomic mass is 10.0. The van der Waals surface area contributed by atoms with Crippen LogP contribution in [0.2, 0.25) is 0 Å². The zero-order valence-corrected chi connectivity index (χ0v) is 8.91. The molecule has 0 aromatic heterocycles. The standard InChI is InChI=1S/C9H10F4N2.ClH/c10-5-1-2-7(9(11,12)13)6(3-5)8(15)4-14;/h1-3,8H,4,14-15H2;1H/t8-;/m0./s1. The fourth-order valence-corrected chi connectivity index (χ4v) is 1.23. The summed E-state index contributed by atoms with van der Waals surface area (Å²) >= 11 is 0. The van der Waals surface area contributed by atoms with Crippen LogP contribution in [0.4, 0.5) is 17.6 Å². The van der Waals surface area contributed by atoms with E-state index >= 15 is 0 Å². The highest BCUT2D eigenvalue weighted by Gasteiger charge is 2.34. The van der Waals surface area contributed by atoms with Crippen molar-refractivity contribution in [2.75, 3.05) is 6.54 Å². The van der Waals surface area contributed by atoms with Crippen LogP contribution < -0.4 is 11.5 Å². The molecule has 0 radical (unpaired) electrons. The van der Waals surface area contributed by atoms with Gasteiger partial charge < -0.3 is 11.5 Å². The van der Waals surface area contributed by atoms with Crippen LogP contribution in [0.3, 0.4) is 0 Å². The largest absolute Gasteiger partial charge is 0.416 e.